The van der Waals surface area contributed by atoms with Crippen LogP contribution in [0.2, 0.25) is 0 Å². The molecule has 0 aromatic carbocycles. The van der Waals surface area contributed by atoms with Crippen molar-refractivity contribution in [2.45, 2.75) is 64.0 Å². The molecule has 3 aliphatic rings. The molecule has 3 heteroatoms. The molecule has 0 N–H and O–H groups in total. The Morgan fingerprint density at radius 1 is 1.05 bits per heavy atom. The molecule has 1 heterocycles. The molecule has 0 radical (unpaired) electrons. The van der Waals surface area contributed by atoms with Crippen LogP contribution in [0.25, 0.3) is 0 Å². The first-order valence-corrected chi connectivity index (χ1v) is 8.11. The van der Waals surface area contributed by atoms with Crippen LogP contribution in [0.5, 0.6) is 0 Å². The minimum Gasteiger partial charge on any atom is -0.462 e. The standard InChI is InChI=1S/C16H28NO2/c1-12(18)19-16-13-6-5-7-14(16)15(9-8-13)17(2)10-3-4-11-17/h13-16H,3-11H2,1-2H3/q+1/t13-,14-,15-,16-/m0/s1. The number of rotatable bonds is 2. The first-order valence-electron chi connectivity index (χ1n) is 8.11. The number of likely N-dealkylation sites (tertiary alicyclic amines) is 1. The Morgan fingerprint density at radius 2 is 1.79 bits per heavy atom. The Bertz CT molecular complexity index is 349. The fourth-order valence-corrected chi connectivity index (χ4v) is 5.15. The molecule has 2 bridgehead atoms. The highest BCUT2D eigenvalue weighted by Crippen LogP contribution is 2.46. The maximum atomic E-state index is 11.4. The van der Waals surface area contributed by atoms with E-state index in [9.17, 15) is 4.79 Å². The molecule has 0 spiro atoms. The van der Waals surface area contributed by atoms with E-state index in [1.54, 1.807) is 6.92 Å². The molecule has 19 heavy (non-hydrogen) atoms. The maximum Gasteiger partial charge on any atom is 0.302 e. The number of quaternary nitrogens is 1. The second kappa shape index (κ2) is 5.08. The molecule has 3 rings (SSSR count). The van der Waals surface area contributed by atoms with Gasteiger partial charge < -0.3 is 9.22 Å². The van der Waals surface area contributed by atoms with E-state index in [1.807, 2.05) is 0 Å². The number of nitrogens with zero attached hydrogens (tertiary/aromatic N) is 1. The van der Waals surface area contributed by atoms with Crippen LogP contribution in [0.3, 0.4) is 0 Å². The molecule has 3 fully saturated rings. The summed E-state index contributed by atoms with van der Waals surface area (Å²) in [6, 6.07) is 0.739. The van der Waals surface area contributed by atoms with Crippen molar-refractivity contribution in [2.24, 2.45) is 11.8 Å². The second-order valence-electron chi connectivity index (χ2n) is 7.21. The predicted octanol–water partition coefficient (Wildman–Crippen LogP) is 2.74. The largest absolute Gasteiger partial charge is 0.462 e. The summed E-state index contributed by atoms with van der Waals surface area (Å²) in [7, 11) is 2.44. The van der Waals surface area contributed by atoms with Crippen LogP contribution in [0.15, 0.2) is 0 Å². The van der Waals surface area contributed by atoms with Crippen LogP contribution in [-0.4, -0.2) is 42.7 Å². The Kier molecular flexibility index (Phi) is 3.59. The number of fused-ring (bicyclic) bond motifs is 2. The summed E-state index contributed by atoms with van der Waals surface area (Å²) in [5, 5.41) is 0. The molecule has 2 aliphatic carbocycles. The van der Waals surface area contributed by atoms with E-state index in [0.717, 1.165) is 6.04 Å². The van der Waals surface area contributed by atoms with Gasteiger partial charge in [0, 0.05) is 32.1 Å². The number of carbonyl (C=O) groups is 1. The van der Waals surface area contributed by atoms with Gasteiger partial charge in [0.25, 0.3) is 0 Å². The molecule has 2 saturated carbocycles. The van der Waals surface area contributed by atoms with Gasteiger partial charge in [-0.25, -0.2) is 0 Å². The Balaban J connectivity index is 1.80. The molecule has 3 nitrogen and oxygen atoms in total. The van der Waals surface area contributed by atoms with Gasteiger partial charge in [-0.15, -0.1) is 0 Å². The average molecular weight is 266 g/mol. The first kappa shape index (κ1) is 13.4. The van der Waals surface area contributed by atoms with Gasteiger partial charge in [-0.05, 0) is 25.2 Å². The average Bonchev–Trinajstić information content (AvgIpc) is 2.76. The molecule has 0 unspecified atom stereocenters. The number of hydrogen-bond acceptors (Lipinski definition) is 2. The summed E-state index contributed by atoms with van der Waals surface area (Å²) in [6.07, 6.45) is 9.47. The Labute approximate surface area is 116 Å². The van der Waals surface area contributed by atoms with Crippen LogP contribution in [-0.2, 0) is 9.53 Å². The van der Waals surface area contributed by atoms with Crippen molar-refractivity contribution in [1.82, 2.24) is 0 Å². The first-order chi connectivity index (χ1) is 9.10. The van der Waals surface area contributed by atoms with Gasteiger partial charge in [0.05, 0.1) is 26.2 Å². The van der Waals surface area contributed by atoms with Gasteiger partial charge in [0.15, 0.2) is 0 Å². The van der Waals surface area contributed by atoms with Crippen molar-refractivity contribution in [2.75, 3.05) is 20.1 Å². The van der Waals surface area contributed by atoms with Gasteiger partial charge in [-0.3, -0.25) is 4.79 Å². The number of carbonyl (C=O) groups excluding carboxylic acids is 1. The summed E-state index contributed by atoms with van der Waals surface area (Å²) in [5.41, 5.74) is 0. The molecule has 0 aromatic heterocycles. The lowest BCUT2D eigenvalue weighted by Gasteiger charge is -2.51. The quantitative estimate of drug-likeness (QED) is 0.567. The van der Waals surface area contributed by atoms with E-state index < -0.39 is 0 Å². The number of esters is 1. The molecule has 1 aliphatic heterocycles. The molecule has 1 saturated heterocycles. The summed E-state index contributed by atoms with van der Waals surface area (Å²) in [4.78, 5) is 11.4. The van der Waals surface area contributed by atoms with Crippen molar-refractivity contribution in [3.63, 3.8) is 0 Å². The van der Waals surface area contributed by atoms with E-state index in [1.165, 1.54) is 62.5 Å². The van der Waals surface area contributed by atoms with Crippen molar-refractivity contribution in [3.8, 4) is 0 Å². The molecule has 108 valence electrons. The highest BCUT2D eigenvalue weighted by Gasteiger charge is 2.51. The Morgan fingerprint density at radius 3 is 2.47 bits per heavy atom. The van der Waals surface area contributed by atoms with Crippen LogP contribution >= 0.6 is 0 Å². The lowest BCUT2D eigenvalue weighted by atomic mass is 9.66. The molecule has 4 atom stereocenters. The highest BCUT2D eigenvalue weighted by molar-refractivity contribution is 5.66. The number of hydrogen-bond donors (Lipinski definition) is 0. The highest BCUT2D eigenvalue weighted by atomic mass is 16.5. The van der Waals surface area contributed by atoms with E-state index in [2.05, 4.69) is 7.05 Å². The molecule has 0 amide bonds. The van der Waals surface area contributed by atoms with E-state index in [4.69, 9.17) is 4.74 Å². The Hall–Kier alpha value is -0.570. The fourth-order valence-electron chi connectivity index (χ4n) is 5.15. The molecule has 0 aromatic rings. The van der Waals surface area contributed by atoms with E-state index in [-0.39, 0.29) is 12.1 Å². The van der Waals surface area contributed by atoms with Gasteiger partial charge in [-0.2, -0.15) is 0 Å². The van der Waals surface area contributed by atoms with Crippen molar-refractivity contribution >= 4 is 5.97 Å². The van der Waals surface area contributed by atoms with Crippen molar-refractivity contribution in [3.05, 3.63) is 0 Å². The minimum absolute atomic E-state index is 0.0772. The van der Waals surface area contributed by atoms with Crippen LogP contribution in [0, 0.1) is 11.8 Å². The lowest BCUT2D eigenvalue weighted by molar-refractivity contribution is -0.928. The maximum absolute atomic E-state index is 11.4. The van der Waals surface area contributed by atoms with Crippen LogP contribution in [0.4, 0.5) is 0 Å². The third-order valence-corrected chi connectivity index (χ3v) is 6.02. The third-order valence-electron chi connectivity index (χ3n) is 6.02. The minimum atomic E-state index is -0.0772. The summed E-state index contributed by atoms with van der Waals surface area (Å²) >= 11 is 0. The van der Waals surface area contributed by atoms with Gasteiger partial charge in [-0.1, -0.05) is 6.42 Å². The molecular formula is C16H28NO2+. The normalized spacial score (nSPS) is 40.9. The summed E-state index contributed by atoms with van der Waals surface area (Å²) < 4.78 is 6.99. The fraction of sp³-hybridized carbons (Fsp3) is 0.938. The van der Waals surface area contributed by atoms with Crippen molar-refractivity contribution in [1.29, 1.82) is 0 Å². The SMILES string of the molecule is CC(=O)O[C@H]1[C@H]2CCC[C@H]1[C@@H]([N+]1(C)CCCC1)CC2. The monoisotopic (exact) mass is 266 g/mol. The van der Waals surface area contributed by atoms with E-state index >= 15 is 0 Å². The van der Waals surface area contributed by atoms with Gasteiger partial charge in [0.2, 0.25) is 0 Å². The summed E-state index contributed by atoms with van der Waals surface area (Å²) in [5.74, 6) is 1.19. The topological polar surface area (TPSA) is 26.3 Å². The summed E-state index contributed by atoms with van der Waals surface area (Å²) in [6.45, 7) is 4.24. The van der Waals surface area contributed by atoms with Gasteiger partial charge in [0.1, 0.15) is 6.10 Å². The predicted molar refractivity (Wildman–Crippen MR) is 74.6 cm³/mol. The third kappa shape index (κ3) is 2.42. The van der Waals surface area contributed by atoms with Crippen LogP contribution < -0.4 is 0 Å². The molecular weight excluding hydrogens is 238 g/mol. The zero-order chi connectivity index (χ0) is 13.5. The second-order valence-corrected chi connectivity index (χ2v) is 7.21. The van der Waals surface area contributed by atoms with E-state index in [0.29, 0.717) is 11.8 Å². The zero-order valence-electron chi connectivity index (χ0n) is 12.4. The van der Waals surface area contributed by atoms with Crippen molar-refractivity contribution < 1.29 is 14.0 Å². The number of ether oxygens (including phenoxy) is 1. The smallest absolute Gasteiger partial charge is 0.302 e. The van der Waals surface area contributed by atoms with Gasteiger partial charge >= 0.3 is 5.97 Å². The lowest BCUT2D eigenvalue weighted by Crippen LogP contribution is -2.60. The van der Waals surface area contributed by atoms with Crippen LogP contribution in [0.1, 0.15) is 51.9 Å². The zero-order valence-corrected chi connectivity index (χ0v) is 12.4.